The normalized spacial score (nSPS) is 15.9. The Morgan fingerprint density at radius 3 is 2.56 bits per heavy atom. The number of amides is 1. The zero-order valence-electron chi connectivity index (χ0n) is 21.1. The summed E-state index contributed by atoms with van der Waals surface area (Å²) in [4.78, 5) is 28.4. The molecular weight excluding hydrogens is 456 g/mol. The molecule has 1 aliphatic rings. The van der Waals surface area contributed by atoms with E-state index in [9.17, 15) is 4.79 Å². The van der Waals surface area contributed by atoms with Crippen molar-refractivity contribution >= 4 is 41.0 Å². The first kappa shape index (κ1) is 27.6. The molecule has 34 heavy (non-hydrogen) atoms. The molecule has 0 saturated carbocycles. The number of rotatable bonds is 5. The minimum atomic E-state index is -0.543. The molecule has 10 nitrogen and oxygen atoms in total. The fourth-order valence-corrected chi connectivity index (χ4v) is 3.60. The van der Waals surface area contributed by atoms with Crippen LogP contribution >= 0.6 is 11.6 Å². The summed E-state index contributed by atoms with van der Waals surface area (Å²) >= 11 is 6.09. The van der Waals surface area contributed by atoms with Crippen LogP contribution < -0.4 is 21.3 Å². The fourth-order valence-electron chi connectivity index (χ4n) is 3.44. The fraction of sp³-hybridized carbons (Fsp3) is 0.565. The van der Waals surface area contributed by atoms with Gasteiger partial charge < -0.3 is 25.6 Å². The van der Waals surface area contributed by atoms with E-state index in [1.54, 1.807) is 12.1 Å². The van der Waals surface area contributed by atoms with Gasteiger partial charge >= 0.3 is 6.09 Å². The lowest BCUT2D eigenvalue weighted by Gasteiger charge is -2.26. The zero-order chi connectivity index (χ0) is 25.5. The predicted molar refractivity (Wildman–Crippen MR) is 138 cm³/mol. The molecule has 0 unspecified atom stereocenters. The number of aromatic nitrogens is 3. The summed E-state index contributed by atoms with van der Waals surface area (Å²) in [5, 5.41) is 5.86. The molecule has 0 spiro atoms. The van der Waals surface area contributed by atoms with Crippen LogP contribution in [0.2, 0.25) is 5.28 Å². The van der Waals surface area contributed by atoms with Gasteiger partial charge in [0, 0.05) is 37.6 Å². The molecular formula is C23H37ClN8O2. The molecule has 188 valence electrons. The number of likely N-dealkylation sites (tertiary alicyclic amines) is 1. The lowest BCUT2D eigenvalue weighted by atomic mass is 9.96. The number of hydrogen-bond donors (Lipinski definition) is 3. The van der Waals surface area contributed by atoms with Crippen LogP contribution in [0.25, 0.3) is 0 Å². The Hall–Kier alpha value is -2.69. The Morgan fingerprint density at radius 1 is 1.32 bits per heavy atom. The molecule has 0 radical (unpaired) electrons. The van der Waals surface area contributed by atoms with Gasteiger partial charge in [0.2, 0.25) is 17.2 Å². The lowest BCUT2D eigenvalue weighted by molar-refractivity contribution is 0.187. The molecule has 2 aromatic rings. The average molecular weight is 493 g/mol. The van der Waals surface area contributed by atoms with Crippen LogP contribution in [-0.2, 0) is 4.74 Å². The van der Waals surface area contributed by atoms with Crippen molar-refractivity contribution in [1.82, 2.24) is 19.9 Å². The lowest BCUT2D eigenvalue weighted by Crippen LogP contribution is -2.30. The number of halogens is 1. The number of nitrogens with one attached hydrogen (secondary N) is 2. The summed E-state index contributed by atoms with van der Waals surface area (Å²) in [7, 11) is 5.32. The van der Waals surface area contributed by atoms with E-state index in [0.29, 0.717) is 23.6 Å². The Balaban J connectivity index is 0.000000497. The van der Waals surface area contributed by atoms with Gasteiger partial charge in [-0.2, -0.15) is 15.0 Å². The summed E-state index contributed by atoms with van der Waals surface area (Å²) in [6.07, 6.45) is 0.635. The minimum absolute atomic E-state index is 0.0753. The number of carbonyl (C=O) groups excluding carboxylic acids is 1. The first-order valence-corrected chi connectivity index (χ1v) is 11.5. The number of methoxy groups -OCH3 is 1. The minimum Gasteiger partial charge on any atom is -0.453 e. The summed E-state index contributed by atoms with van der Waals surface area (Å²) in [5.41, 5.74) is 7.92. The molecule has 1 fully saturated rings. The van der Waals surface area contributed by atoms with Crippen LogP contribution in [0.3, 0.4) is 0 Å². The number of nitrogens with two attached hydrogens (primary N) is 1. The summed E-state index contributed by atoms with van der Waals surface area (Å²) in [6.45, 7) is 11.4. The van der Waals surface area contributed by atoms with E-state index in [4.69, 9.17) is 17.3 Å². The van der Waals surface area contributed by atoms with Gasteiger partial charge in [0.25, 0.3) is 0 Å². The van der Waals surface area contributed by atoms with E-state index in [2.05, 4.69) is 63.0 Å². The quantitative estimate of drug-likeness (QED) is 0.570. The number of benzene rings is 1. The maximum atomic E-state index is 11.4. The molecule has 1 aromatic carbocycles. The van der Waals surface area contributed by atoms with Gasteiger partial charge in [0.1, 0.15) is 0 Å². The maximum Gasteiger partial charge on any atom is 0.411 e. The largest absolute Gasteiger partial charge is 0.453 e. The van der Waals surface area contributed by atoms with Gasteiger partial charge in [-0.05, 0) is 61.6 Å². The highest BCUT2D eigenvalue weighted by atomic mass is 35.5. The van der Waals surface area contributed by atoms with Crippen molar-refractivity contribution in [1.29, 1.82) is 0 Å². The van der Waals surface area contributed by atoms with Crippen molar-refractivity contribution in [2.75, 3.05) is 56.4 Å². The molecule has 1 aliphatic heterocycles. The van der Waals surface area contributed by atoms with Crippen LogP contribution in [0.4, 0.5) is 28.1 Å². The van der Waals surface area contributed by atoms with Crippen molar-refractivity contribution in [2.24, 2.45) is 11.1 Å². The second kappa shape index (κ2) is 12.1. The van der Waals surface area contributed by atoms with Gasteiger partial charge in [-0.3, -0.25) is 5.32 Å². The standard InChI is InChI=1S/C18H25ClN6O2.C5H12N2/c1-11-7-8-12(20-17(26)27-6)9-13(11)21-15-22-14(19)23-16(24-15)25(5)10-18(2,3)4;1-7-3-2-5(6)4-7/h7-9H,10H2,1-6H3,(H,20,26)(H,21,22,23,24);5H,2-4,6H2,1H3/t;5-/m.1/s1. The topological polar surface area (TPSA) is 122 Å². The summed E-state index contributed by atoms with van der Waals surface area (Å²) < 4.78 is 4.61. The number of aryl methyl sites for hydroxylation is 1. The zero-order valence-corrected chi connectivity index (χ0v) is 21.9. The Morgan fingerprint density at radius 2 is 2.03 bits per heavy atom. The van der Waals surface area contributed by atoms with E-state index in [1.165, 1.54) is 20.1 Å². The van der Waals surface area contributed by atoms with E-state index < -0.39 is 6.09 Å². The van der Waals surface area contributed by atoms with Crippen molar-refractivity contribution in [3.05, 3.63) is 29.0 Å². The van der Waals surface area contributed by atoms with Gasteiger partial charge in [-0.1, -0.05) is 26.8 Å². The SMILES string of the molecule is CN1CC[C@@H](N)C1.COC(=O)Nc1ccc(C)c(Nc2nc(Cl)nc(N(C)CC(C)(C)C)n2)c1. The van der Waals surface area contributed by atoms with E-state index in [-0.39, 0.29) is 10.7 Å². The highest BCUT2D eigenvalue weighted by Gasteiger charge is 2.17. The third-order valence-electron chi connectivity index (χ3n) is 4.99. The van der Waals surface area contributed by atoms with Crippen LogP contribution in [0, 0.1) is 12.3 Å². The van der Waals surface area contributed by atoms with E-state index in [0.717, 1.165) is 24.3 Å². The number of carbonyl (C=O) groups is 1. The number of ether oxygens (including phenoxy) is 1. The first-order chi connectivity index (χ1) is 15.9. The highest BCUT2D eigenvalue weighted by Crippen LogP contribution is 2.25. The third-order valence-corrected chi connectivity index (χ3v) is 5.16. The maximum absolute atomic E-state index is 11.4. The Kier molecular flexibility index (Phi) is 9.84. The smallest absolute Gasteiger partial charge is 0.411 e. The number of anilines is 4. The molecule has 0 bridgehead atoms. The average Bonchev–Trinajstić information content (AvgIpc) is 3.11. The van der Waals surface area contributed by atoms with Crippen LogP contribution in [0.1, 0.15) is 32.8 Å². The molecule has 11 heteroatoms. The monoisotopic (exact) mass is 492 g/mol. The predicted octanol–water partition coefficient (Wildman–Crippen LogP) is 3.89. The second-order valence-corrected chi connectivity index (χ2v) is 10.1. The molecule has 0 aliphatic carbocycles. The first-order valence-electron chi connectivity index (χ1n) is 11.2. The molecule has 4 N–H and O–H groups in total. The number of likely N-dealkylation sites (N-methyl/N-ethyl adjacent to an activating group) is 1. The van der Waals surface area contributed by atoms with Crippen molar-refractivity contribution in [2.45, 2.75) is 40.2 Å². The van der Waals surface area contributed by atoms with Gasteiger partial charge in [-0.15, -0.1) is 0 Å². The molecule has 1 atom stereocenters. The number of nitrogens with zero attached hydrogens (tertiary/aromatic N) is 5. The van der Waals surface area contributed by atoms with Gasteiger partial charge in [0.15, 0.2) is 0 Å². The highest BCUT2D eigenvalue weighted by molar-refractivity contribution is 6.28. The second-order valence-electron chi connectivity index (χ2n) is 9.73. The third kappa shape index (κ3) is 9.28. The molecule has 1 saturated heterocycles. The van der Waals surface area contributed by atoms with E-state index >= 15 is 0 Å². The van der Waals surface area contributed by atoms with Gasteiger partial charge in [0.05, 0.1) is 7.11 Å². The van der Waals surface area contributed by atoms with E-state index in [1.807, 2.05) is 24.9 Å². The van der Waals surface area contributed by atoms with Crippen LogP contribution in [0.5, 0.6) is 0 Å². The van der Waals surface area contributed by atoms with Crippen LogP contribution in [0.15, 0.2) is 18.2 Å². The van der Waals surface area contributed by atoms with Crippen molar-refractivity contribution in [3.63, 3.8) is 0 Å². The summed E-state index contributed by atoms with van der Waals surface area (Å²) in [6, 6.07) is 5.86. The molecule has 1 aromatic heterocycles. The molecule has 2 heterocycles. The molecule has 3 rings (SSSR count). The Labute approximate surface area is 207 Å². The number of hydrogen-bond acceptors (Lipinski definition) is 9. The van der Waals surface area contributed by atoms with Crippen molar-refractivity contribution in [3.8, 4) is 0 Å². The Bertz CT molecular complexity index is 958. The van der Waals surface area contributed by atoms with Crippen molar-refractivity contribution < 1.29 is 9.53 Å². The summed E-state index contributed by atoms with van der Waals surface area (Å²) in [5.74, 6) is 0.804. The van der Waals surface area contributed by atoms with Crippen LogP contribution in [-0.4, -0.2) is 72.8 Å². The van der Waals surface area contributed by atoms with Gasteiger partial charge in [-0.25, -0.2) is 4.79 Å². The molecule has 1 amide bonds.